The lowest BCUT2D eigenvalue weighted by atomic mass is 10.4. The Morgan fingerprint density at radius 1 is 1.39 bits per heavy atom. The van der Waals surface area contributed by atoms with Crippen LogP contribution in [-0.4, -0.2) is 38.3 Å². The Morgan fingerprint density at radius 2 is 2.11 bits per heavy atom. The largest absolute Gasteiger partial charge is 0.354 e. The summed E-state index contributed by atoms with van der Waals surface area (Å²) in [5.41, 5.74) is 0. The van der Waals surface area contributed by atoms with Crippen molar-refractivity contribution in [1.82, 2.24) is 9.62 Å². The van der Waals surface area contributed by atoms with Gasteiger partial charge in [-0.1, -0.05) is 11.6 Å². The van der Waals surface area contributed by atoms with E-state index in [-0.39, 0.29) is 23.9 Å². The molecule has 5 nitrogen and oxygen atoms in total. The molecule has 0 aromatic heterocycles. The molecule has 1 aromatic carbocycles. The van der Waals surface area contributed by atoms with Crippen molar-refractivity contribution in [2.45, 2.75) is 4.90 Å². The summed E-state index contributed by atoms with van der Waals surface area (Å²) in [4.78, 5) is 11.3. The van der Waals surface area contributed by atoms with E-state index < -0.39 is 10.0 Å². The van der Waals surface area contributed by atoms with Gasteiger partial charge in [-0.25, -0.2) is 8.42 Å². The molecule has 0 radical (unpaired) electrons. The van der Waals surface area contributed by atoms with Gasteiger partial charge in [0, 0.05) is 17.6 Å². The second-order valence-corrected chi connectivity index (χ2v) is 6.96. The third kappa shape index (κ3) is 2.69. The van der Waals surface area contributed by atoms with Gasteiger partial charge in [0.15, 0.2) is 0 Å². The molecule has 1 heterocycles. The van der Waals surface area contributed by atoms with Crippen LogP contribution < -0.4 is 5.32 Å². The summed E-state index contributed by atoms with van der Waals surface area (Å²) in [6, 6.07) is 4.36. The summed E-state index contributed by atoms with van der Waals surface area (Å²) in [6.07, 6.45) is 0. The molecule has 18 heavy (non-hydrogen) atoms. The van der Waals surface area contributed by atoms with E-state index in [2.05, 4.69) is 21.2 Å². The maximum atomic E-state index is 12.3. The monoisotopic (exact) mass is 352 g/mol. The van der Waals surface area contributed by atoms with Crippen LogP contribution in [-0.2, 0) is 14.8 Å². The van der Waals surface area contributed by atoms with Gasteiger partial charge in [0.05, 0.1) is 16.5 Å². The molecule has 1 aliphatic heterocycles. The highest BCUT2D eigenvalue weighted by Gasteiger charge is 2.29. The Labute approximate surface area is 118 Å². The molecule has 1 saturated heterocycles. The molecule has 1 amide bonds. The van der Waals surface area contributed by atoms with Crippen LogP contribution in [0.2, 0.25) is 5.02 Å². The number of hydrogen-bond acceptors (Lipinski definition) is 3. The van der Waals surface area contributed by atoms with Crippen LogP contribution in [0.25, 0.3) is 0 Å². The van der Waals surface area contributed by atoms with Crippen molar-refractivity contribution in [2.24, 2.45) is 0 Å². The molecule has 98 valence electrons. The first-order valence-electron chi connectivity index (χ1n) is 5.13. The minimum absolute atomic E-state index is 0.119. The normalized spacial score (nSPS) is 17.6. The van der Waals surface area contributed by atoms with Crippen molar-refractivity contribution >= 4 is 43.5 Å². The number of nitrogens with one attached hydrogen (secondary N) is 1. The van der Waals surface area contributed by atoms with E-state index in [1.54, 1.807) is 0 Å². The molecule has 1 aliphatic rings. The van der Waals surface area contributed by atoms with Crippen molar-refractivity contribution in [2.75, 3.05) is 19.6 Å². The molecule has 2 rings (SSSR count). The molecule has 1 N–H and O–H groups in total. The average molecular weight is 354 g/mol. The van der Waals surface area contributed by atoms with Gasteiger partial charge in [-0.15, -0.1) is 0 Å². The van der Waals surface area contributed by atoms with E-state index in [1.165, 1.54) is 18.2 Å². The van der Waals surface area contributed by atoms with Crippen molar-refractivity contribution in [3.8, 4) is 0 Å². The quantitative estimate of drug-likeness (QED) is 0.869. The highest BCUT2D eigenvalue weighted by molar-refractivity contribution is 9.10. The summed E-state index contributed by atoms with van der Waals surface area (Å²) in [5, 5.41) is 3.02. The van der Waals surface area contributed by atoms with Crippen LogP contribution in [0.3, 0.4) is 0 Å². The number of rotatable bonds is 2. The van der Waals surface area contributed by atoms with Gasteiger partial charge in [-0.05, 0) is 34.1 Å². The van der Waals surface area contributed by atoms with E-state index in [9.17, 15) is 13.2 Å². The SMILES string of the molecule is O=C1CN(S(=O)(=O)c2ccc(Cl)c(Br)c2)CCN1. The van der Waals surface area contributed by atoms with E-state index in [0.717, 1.165) is 4.31 Å². The highest BCUT2D eigenvalue weighted by atomic mass is 79.9. The van der Waals surface area contributed by atoms with Crippen molar-refractivity contribution in [3.63, 3.8) is 0 Å². The average Bonchev–Trinajstić information content (AvgIpc) is 2.32. The summed E-state index contributed by atoms with van der Waals surface area (Å²) >= 11 is 9.00. The topological polar surface area (TPSA) is 66.5 Å². The lowest BCUT2D eigenvalue weighted by Crippen LogP contribution is -2.49. The maximum absolute atomic E-state index is 12.3. The fourth-order valence-electron chi connectivity index (χ4n) is 1.61. The number of carbonyl (C=O) groups excluding carboxylic acids is 1. The van der Waals surface area contributed by atoms with E-state index in [1.807, 2.05) is 0 Å². The van der Waals surface area contributed by atoms with Crippen LogP contribution in [0, 0.1) is 0 Å². The molecule has 1 aromatic rings. The number of piperazine rings is 1. The summed E-state index contributed by atoms with van der Waals surface area (Å²) < 4.78 is 26.2. The lowest BCUT2D eigenvalue weighted by Gasteiger charge is -2.25. The first-order valence-corrected chi connectivity index (χ1v) is 7.74. The number of hydrogen-bond donors (Lipinski definition) is 1. The molecular formula is C10H10BrClN2O3S. The minimum atomic E-state index is -3.65. The number of benzene rings is 1. The molecule has 1 fully saturated rings. The third-order valence-corrected chi connectivity index (χ3v) is 5.59. The number of sulfonamides is 1. The highest BCUT2D eigenvalue weighted by Crippen LogP contribution is 2.27. The van der Waals surface area contributed by atoms with E-state index in [4.69, 9.17) is 11.6 Å². The lowest BCUT2D eigenvalue weighted by molar-refractivity contribution is -0.122. The minimum Gasteiger partial charge on any atom is -0.354 e. The molecule has 0 bridgehead atoms. The molecule has 0 aliphatic carbocycles. The van der Waals surface area contributed by atoms with Crippen LogP contribution in [0.1, 0.15) is 0 Å². The fourth-order valence-corrected chi connectivity index (χ4v) is 3.68. The summed E-state index contributed by atoms with van der Waals surface area (Å²) in [5.74, 6) is -0.294. The molecule has 0 spiro atoms. The van der Waals surface area contributed by atoms with Crippen molar-refractivity contribution in [1.29, 1.82) is 0 Å². The number of amides is 1. The van der Waals surface area contributed by atoms with Gasteiger partial charge >= 0.3 is 0 Å². The summed E-state index contributed by atoms with van der Waals surface area (Å²) in [7, 11) is -3.65. The Morgan fingerprint density at radius 3 is 2.72 bits per heavy atom. The Kier molecular flexibility index (Phi) is 3.96. The molecule has 0 saturated carbocycles. The standard InChI is InChI=1S/C10H10BrClN2O3S/c11-8-5-7(1-2-9(8)12)18(16,17)14-4-3-13-10(15)6-14/h1-2,5H,3-4,6H2,(H,13,15). The first-order chi connectivity index (χ1) is 8.41. The second kappa shape index (κ2) is 5.16. The van der Waals surface area contributed by atoms with E-state index >= 15 is 0 Å². The van der Waals surface area contributed by atoms with Gasteiger partial charge in [-0.2, -0.15) is 4.31 Å². The van der Waals surface area contributed by atoms with Gasteiger partial charge < -0.3 is 5.32 Å². The smallest absolute Gasteiger partial charge is 0.243 e. The Balaban J connectivity index is 2.35. The molecule has 0 atom stereocenters. The molecule has 8 heteroatoms. The molecular weight excluding hydrogens is 344 g/mol. The Bertz CT molecular complexity index is 591. The van der Waals surface area contributed by atoms with Gasteiger partial charge in [0.25, 0.3) is 0 Å². The van der Waals surface area contributed by atoms with Crippen LogP contribution in [0.15, 0.2) is 27.6 Å². The predicted molar refractivity (Wildman–Crippen MR) is 70.9 cm³/mol. The van der Waals surface area contributed by atoms with Crippen molar-refractivity contribution in [3.05, 3.63) is 27.7 Å². The maximum Gasteiger partial charge on any atom is 0.243 e. The summed E-state index contributed by atoms with van der Waals surface area (Å²) in [6.45, 7) is 0.448. The third-order valence-electron chi connectivity index (χ3n) is 2.53. The number of nitrogens with zero attached hydrogens (tertiary/aromatic N) is 1. The zero-order chi connectivity index (χ0) is 13.3. The fraction of sp³-hybridized carbons (Fsp3) is 0.300. The van der Waals surface area contributed by atoms with E-state index in [0.29, 0.717) is 16.0 Å². The van der Waals surface area contributed by atoms with Gasteiger partial charge in [-0.3, -0.25) is 4.79 Å². The zero-order valence-corrected chi connectivity index (χ0v) is 12.3. The van der Waals surface area contributed by atoms with Crippen LogP contribution >= 0.6 is 27.5 Å². The zero-order valence-electron chi connectivity index (χ0n) is 9.19. The number of carbonyl (C=O) groups is 1. The first kappa shape index (κ1) is 13.8. The van der Waals surface area contributed by atoms with Crippen molar-refractivity contribution < 1.29 is 13.2 Å². The van der Waals surface area contributed by atoms with Crippen LogP contribution in [0.5, 0.6) is 0 Å². The number of halogens is 2. The predicted octanol–water partition coefficient (Wildman–Crippen LogP) is 1.22. The Hall–Kier alpha value is -0.630. The van der Waals surface area contributed by atoms with Crippen LogP contribution in [0.4, 0.5) is 0 Å². The van der Waals surface area contributed by atoms with Gasteiger partial charge in [0.1, 0.15) is 0 Å². The second-order valence-electron chi connectivity index (χ2n) is 3.76. The molecule has 0 unspecified atom stereocenters. The van der Waals surface area contributed by atoms with Gasteiger partial charge in [0.2, 0.25) is 15.9 Å².